The first-order chi connectivity index (χ1) is 9.43. The molecule has 0 fully saturated rings. The number of nitrogens with zero attached hydrogens (tertiary/aromatic N) is 5. The Labute approximate surface area is 130 Å². The molecule has 4 heterocycles. The third kappa shape index (κ3) is 1.32. The van der Waals surface area contributed by atoms with Crippen molar-refractivity contribution in [2.24, 2.45) is 0 Å². The second kappa shape index (κ2) is 4.09. The van der Waals surface area contributed by atoms with Crippen LogP contribution in [0.4, 0.5) is 0 Å². The van der Waals surface area contributed by atoms with E-state index < -0.39 is 0 Å². The van der Waals surface area contributed by atoms with Crippen molar-refractivity contribution in [2.45, 2.75) is 0 Å². The van der Waals surface area contributed by atoms with Crippen LogP contribution in [0.5, 0.6) is 0 Å². The summed E-state index contributed by atoms with van der Waals surface area (Å²) >= 11 is 1.57. The normalized spacial score (nSPS) is 11.6. The van der Waals surface area contributed by atoms with E-state index in [0.717, 1.165) is 32.8 Å². The maximum atomic E-state index is 4.61. The Bertz CT molecular complexity index is 1070. The molecule has 0 unspecified atom stereocenters. The predicted molar refractivity (Wildman–Crippen MR) is 73.5 cm³/mol. The van der Waals surface area contributed by atoms with E-state index in [1.807, 2.05) is 28.2 Å². The molecule has 0 bridgehead atoms. The van der Waals surface area contributed by atoms with Crippen LogP contribution < -0.4 is 0 Å². The zero-order valence-corrected chi connectivity index (χ0v) is 13.2. The molecule has 0 spiro atoms. The van der Waals surface area contributed by atoms with Crippen LogP contribution in [0.15, 0.2) is 36.1 Å². The number of hydrogen-bond acceptors (Lipinski definition) is 4. The van der Waals surface area contributed by atoms with Crippen molar-refractivity contribution < 1.29 is 20.1 Å². The van der Waals surface area contributed by atoms with Crippen molar-refractivity contribution in [1.82, 2.24) is 23.8 Å². The molecule has 5 aromatic rings. The van der Waals surface area contributed by atoms with Gasteiger partial charge in [-0.3, -0.25) is 9.38 Å². The third-order valence-corrected chi connectivity index (χ3v) is 4.10. The third-order valence-electron chi connectivity index (χ3n) is 3.30. The monoisotopic (exact) mass is 457 g/mol. The molecule has 0 aliphatic heterocycles. The van der Waals surface area contributed by atoms with Crippen LogP contribution in [0.25, 0.3) is 32.8 Å². The molecule has 4 aromatic heterocycles. The maximum Gasteiger partial charge on any atom is 0.203 e. The van der Waals surface area contributed by atoms with E-state index in [9.17, 15) is 0 Å². The molecule has 99 valence electrons. The predicted octanol–water partition coefficient (Wildman–Crippen LogP) is 2.54. The van der Waals surface area contributed by atoms with E-state index in [0.29, 0.717) is 0 Å². The zero-order chi connectivity index (χ0) is 12.4. The summed E-state index contributed by atoms with van der Waals surface area (Å²) < 4.78 is 4.10. The molecule has 0 aliphatic carbocycles. The fourth-order valence-electron chi connectivity index (χ4n) is 2.52. The van der Waals surface area contributed by atoms with Crippen LogP contribution in [0, 0.1) is 6.07 Å². The molecule has 0 aliphatic rings. The van der Waals surface area contributed by atoms with Gasteiger partial charge in [0.15, 0.2) is 5.65 Å². The number of hydrogen-bond donors (Lipinski definition) is 0. The first kappa shape index (κ1) is 12.0. The number of fused-ring (bicyclic) bond motifs is 8. The summed E-state index contributed by atoms with van der Waals surface area (Å²) in [6.45, 7) is 0. The van der Waals surface area contributed by atoms with Crippen molar-refractivity contribution in [2.75, 3.05) is 0 Å². The molecular weight excluding hydrogens is 450 g/mol. The molecule has 0 N–H and O–H groups in total. The molecule has 0 atom stereocenters. The van der Waals surface area contributed by atoms with Gasteiger partial charge in [0.25, 0.3) is 0 Å². The van der Waals surface area contributed by atoms with Gasteiger partial charge in [-0.15, -0.1) is 35.6 Å². The molecule has 1 radical (unpaired) electrons. The standard InChI is InChI=1S/C13H6N5S.Ir/c1-2-4-9-8(3-1)11-16-10-12(19-7-15-10)18(11)13-14-5-6-17(9)13;/h1-2,4-7H;/q-1;. The Kier molecular flexibility index (Phi) is 2.44. The number of thiazole rings is 1. The van der Waals surface area contributed by atoms with E-state index in [-0.39, 0.29) is 20.1 Å². The fourth-order valence-corrected chi connectivity index (χ4v) is 3.25. The van der Waals surface area contributed by atoms with Gasteiger partial charge in [0.05, 0.1) is 11.2 Å². The van der Waals surface area contributed by atoms with Crippen molar-refractivity contribution in [3.8, 4) is 0 Å². The second-order valence-electron chi connectivity index (χ2n) is 4.28. The molecule has 20 heavy (non-hydrogen) atoms. The largest absolute Gasteiger partial charge is 0.327 e. The average Bonchev–Trinajstić information content (AvgIpc) is 3.13. The van der Waals surface area contributed by atoms with Crippen LogP contribution in [-0.2, 0) is 20.1 Å². The van der Waals surface area contributed by atoms with Crippen molar-refractivity contribution in [3.63, 3.8) is 0 Å². The molecule has 0 saturated carbocycles. The van der Waals surface area contributed by atoms with E-state index in [1.165, 1.54) is 0 Å². The second-order valence-corrected chi connectivity index (χ2v) is 5.11. The van der Waals surface area contributed by atoms with Gasteiger partial charge in [-0.2, -0.15) is 0 Å². The average molecular weight is 457 g/mol. The van der Waals surface area contributed by atoms with Gasteiger partial charge in [-0.1, -0.05) is 5.39 Å². The molecular formula is C13H6IrN5S-. The van der Waals surface area contributed by atoms with Gasteiger partial charge in [-0.05, 0) is 5.52 Å². The number of benzene rings is 1. The molecule has 0 amide bonds. The van der Waals surface area contributed by atoms with E-state index >= 15 is 0 Å². The van der Waals surface area contributed by atoms with Gasteiger partial charge < -0.3 is 4.40 Å². The molecule has 5 nitrogen and oxygen atoms in total. The summed E-state index contributed by atoms with van der Waals surface area (Å²) in [7, 11) is 0. The van der Waals surface area contributed by atoms with Crippen molar-refractivity contribution in [1.29, 1.82) is 0 Å². The smallest absolute Gasteiger partial charge is 0.203 e. The Morgan fingerprint density at radius 3 is 3.15 bits per heavy atom. The van der Waals surface area contributed by atoms with E-state index in [2.05, 4.69) is 31.5 Å². The van der Waals surface area contributed by atoms with Gasteiger partial charge in [0.1, 0.15) is 4.83 Å². The number of imidazole rings is 2. The quantitative estimate of drug-likeness (QED) is 0.337. The Hall–Kier alpha value is -1.82. The fraction of sp³-hybridized carbons (Fsp3) is 0. The summed E-state index contributed by atoms with van der Waals surface area (Å²) in [5, 5.41) is 0.984. The van der Waals surface area contributed by atoms with Crippen molar-refractivity contribution >= 4 is 44.1 Å². The molecule has 5 rings (SSSR count). The van der Waals surface area contributed by atoms with Gasteiger partial charge >= 0.3 is 0 Å². The Morgan fingerprint density at radius 1 is 1.25 bits per heavy atom. The number of rotatable bonds is 0. The summed E-state index contributed by atoms with van der Waals surface area (Å²) in [4.78, 5) is 14.4. The van der Waals surface area contributed by atoms with Gasteiger partial charge in [0.2, 0.25) is 5.78 Å². The minimum atomic E-state index is 0. The molecule has 1 aromatic carbocycles. The van der Waals surface area contributed by atoms with Crippen molar-refractivity contribution in [3.05, 3.63) is 42.2 Å². The maximum absolute atomic E-state index is 4.61. The summed E-state index contributed by atoms with van der Waals surface area (Å²) in [6, 6.07) is 9.20. The minimum Gasteiger partial charge on any atom is -0.327 e. The van der Waals surface area contributed by atoms with Crippen LogP contribution in [0.3, 0.4) is 0 Å². The summed E-state index contributed by atoms with van der Waals surface area (Å²) in [5.41, 5.74) is 4.49. The zero-order valence-electron chi connectivity index (χ0n) is 9.94. The van der Waals surface area contributed by atoms with E-state index in [4.69, 9.17) is 0 Å². The van der Waals surface area contributed by atoms with E-state index in [1.54, 1.807) is 17.5 Å². The molecule has 7 heteroatoms. The van der Waals surface area contributed by atoms with Gasteiger partial charge in [0, 0.05) is 32.5 Å². The topological polar surface area (TPSA) is 47.5 Å². The van der Waals surface area contributed by atoms with Crippen LogP contribution in [0.2, 0.25) is 0 Å². The van der Waals surface area contributed by atoms with Gasteiger partial charge in [-0.25, -0.2) is 9.97 Å². The van der Waals surface area contributed by atoms with Crippen LogP contribution in [-0.4, -0.2) is 23.8 Å². The SMILES string of the molecule is [Ir].[c-]1cccc2c1c1nc3ncsc3n1c1nccn21. The summed E-state index contributed by atoms with van der Waals surface area (Å²) in [6.07, 6.45) is 3.76. The first-order valence-electron chi connectivity index (χ1n) is 5.80. The first-order valence-corrected chi connectivity index (χ1v) is 6.68. The number of aromatic nitrogens is 5. The van der Waals surface area contributed by atoms with Crippen LogP contribution in [0.1, 0.15) is 0 Å². The molecule has 0 saturated heterocycles. The minimum absolute atomic E-state index is 0. The Morgan fingerprint density at radius 2 is 2.20 bits per heavy atom. The Balaban J connectivity index is 0.00000106. The summed E-state index contributed by atoms with van der Waals surface area (Å²) in [5.74, 6) is 0.855. The van der Waals surface area contributed by atoms with Crippen LogP contribution >= 0.6 is 11.3 Å².